The molecule has 0 aromatic carbocycles. The van der Waals surface area contributed by atoms with Gasteiger partial charge >= 0.3 is 0 Å². The van der Waals surface area contributed by atoms with Gasteiger partial charge in [-0.3, -0.25) is 0 Å². The van der Waals surface area contributed by atoms with Crippen LogP contribution in [-0.4, -0.2) is 0 Å². The molecule has 0 aromatic heterocycles. The van der Waals surface area contributed by atoms with Gasteiger partial charge < -0.3 is 0 Å². The Kier molecular flexibility index (Phi) is 45.1. The van der Waals surface area contributed by atoms with Crippen LogP contribution in [0, 0.1) is 11.3 Å². The lowest BCUT2D eigenvalue weighted by molar-refractivity contribution is 0.215. The van der Waals surface area contributed by atoms with Crippen molar-refractivity contribution in [1.29, 1.82) is 0 Å². The fourth-order valence-corrected chi connectivity index (χ4v) is 1.70. The van der Waals surface area contributed by atoms with E-state index in [1.807, 2.05) is 20.8 Å². The minimum Gasteiger partial charge on any atom is -0.103 e. The first kappa shape index (κ1) is 36.4. The van der Waals surface area contributed by atoms with Gasteiger partial charge in [0.1, 0.15) is 0 Å². The van der Waals surface area contributed by atoms with E-state index in [9.17, 15) is 0 Å². The third-order valence-electron chi connectivity index (χ3n) is 4.49. The third-order valence-corrected chi connectivity index (χ3v) is 4.49. The molecule has 0 aliphatic carbocycles. The first-order chi connectivity index (χ1) is 12.2. The molecular weight excluding hydrogens is 312 g/mol. The van der Waals surface area contributed by atoms with E-state index in [0.717, 1.165) is 12.3 Å². The monoisotopic (exact) mass is 370 g/mol. The van der Waals surface area contributed by atoms with Gasteiger partial charge in [-0.05, 0) is 37.5 Å². The Hall–Kier alpha value is -0.520. The predicted molar refractivity (Wildman–Crippen MR) is 130 cm³/mol. The summed E-state index contributed by atoms with van der Waals surface area (Å²) in [6.45, 7) is 33.4. The van der Waals surface area contributed by atoms with E-state index in [1.165, 1.54) is 50.5 Å². The van der Waals surface area contributed by atoms with Gasteiger partial charge in [-0.25, -0.2) is 0 Å². The van der Waals surface area contributed by atoms with Crippen molar-refractivity contribution in [3.05, 3.63) is 24.8 Å². The maximum Gasteiger partial charge on any atom is -0.0323 e. The van der Waals surface area contributed by atoms with Gasteiger partial charge in [0.2, 0.25) is 0 Å². The summed E-state index contributed by atoms with van der Waals surface area (Å²) in [6.07, 6.45) is 12.0. The van der Waals surface area contributed by atoms with Crippen molar-refractivity contribution in [2.75, 3.05) is 0 Å². The van der Waals surface area contributed by atoms with Gasteiger partial charge in [0.15, 0.2) is 0 Å². The zero-order chi connectivity index (χ0) is 22.0. The molecule has 162 valence electrons. The maximum absolute atomic E-state index is 3.94. The lowest BCUT2D eigenvalue weighted by Crippen LogP contribution is -2.19. The molecule has 0 fully saturated rings. The molecule has 0 heterocycles. The summed E-state index contributed by atoms with van der Waals surface area (Å²) >= 11 is 0. The van der Waals surface area contributed by atoms with Gasteiger partial charge in [-0.15, -0.1) is 6.58 Å². The highest BCUT2D eigenvalue weighted by Crippen LogP contribution is 2.31. The standard InChI is InChI=1S/C9H20.C9H18.C3H8.C3H6.C2H6/c1-6-8(3)9(4,5)7-2;1-4-6-7-8-9(3)5-2;2*1-3-2;1-2/h8H,6-7H2,1-5H3;3-8H2,1-2H3;3H2,1-2H3;3H,1H2,2H3;1-2H3. The molecule has 0 bridgehead atoms. The van der Waals surface area contributed by atoms with Crippen molar-refractivity contribution >= 4 is 0 Å². The van der Waals surface area contributed by atoms with Crippen LogP contribution in [0.25, 0.3) is 0 Å². The van der Waals surface area contributed by atoms with E-state index >= 15 is 0 Å². The molecule has 0 nitrogen and oxygen atoms in total. The number of allylic oxidation sites excluding steroid dienone is 2. The van der Waals surface area contributed by atoms with Crippen LogP contribution < -0.4 is 0 Å². The molecular formula is C26H58. The van der Waals surface area contributed by atoms with Gasteiger partial charge in [0.25, 0.3) is 0 Å². The van der Waals surface area contributed by atoms with Crippen molar-refractivity contribution in [2.24, 2.45) is 11.3 Å². The molecule has 0 radical (unpaired) electrons. The third kappa shape index (κ3) is 38.8. The van der Waals surface area contributed by atoms with Crippen LogP contribution in [0.15, 0.2) is 24.8 Å². The number of rotatable bonds is 8. The van der Waals surface area contributed by atoms with Crippen LogP contribution in [0.2, 0.25) is 0 Å². The van der Waals surface area contributed by atoms with Gasteiger partial charge in [-0.1, -0.05) is 126 Å². The van der Waals surface area contributed by atoms with Crippen LogP contribution in [0.4, 0.5) is 0 Å². The number of hydrogen-bond donors (Lipinski definition) is 0. The van der Waals surface area contributed by atoms with E-state index < -0.39 is 0 Å². The molecule has 0 aliphatic rings. The molecule has 1 atom stereocenters. The summed E-state index contributed by atoms with van der Waals surface area (Å²) in [5, 5.41) is 0. The summed E-state index contributed by atoms with van der Waals surface area (Å²) in [5.41, 5.74) is 1.96. The highest BCUT2D eigenvalue weighted by molar-refractivity contribution is 4.91. The summed E-state index contributed by atoms with van der Waals surface area (Å²) < 4.78 is 0. The van der Waals surface area contributed by atoms with Crippen molar-refractivity contribution in [1.82, 2.24) is 0 Å². The van der Waals surface area contributed by atoms with Crippen LogP contribution >= 0.6 is 0 Å². The van der Waals surface area contributed by atoms with Crippen molar-refractivity contribution in [3.8, 4) is 0 Å². The highest BCUT2D eigenvalue weighted by atomic mass is 14.3. The quantitative estimate of drug-likeness (QED) is 0.294. The SMILES string of the molecule is C=C(CC)CCCCC.C=CC.CC.CCC.CCC(C)C(C)(C)CC. The second-order valence-electron chi connectivity index (χ2n) is 7.33. The Bertz CT molecular complexity index is 234. The van der Waals surface area contributed by atoms with Crippen LogP contribution in [0.5, 0.6) is 0 Å². The molecule has 1 unspecified atom stereocenters. The summed E-state index contributed by atoms with van der Waals surface area (Å²) in [4.78, 5) is 0. The summed E-state index contributed by atoms with van der Waals surface area (Å²) in [6, 6.07) is 0. The van der Waals surface area contributed by atoms with E-state index in [0.29, 0.717) is 5.41 Å². The molecule has 0 spiro atoms. The highest BCUT2D eigenvalue weighted by Gasteiger charge is 2.21. The zero-order valence-corrected chi connectivity index (χ0v) is 21.2. The second-order valence-corrected chi connectivity index (χ2v) is 7.33. The minimum absolute atomic E-state index is 0.550. The minimum atomic E-state index is 0.550. The fourth-order valence-electron chi connectivity index (χ4n) is 1.70. The van der Waals surface area contributed by atoms with Crippen LogP contribution in [-0.2, 0) is 0 Å². The molecule has 0 aromatic rings. The van der Waals surface area contributed by atoms with Crippen LogP contribution in [0.1, 0.15) is 134 Å². The van der Waals surface area contributed by atoms with Gasteiger partial charge in [-0.2, -0.15) is 0 Å². The maximum atomic E-state index is 3.94. The Balaban J connectivity index is -0.0000000810. The molecule has 0 amide bonds. The van der Waals surface area contributed by atoms with E-state index in [-0.39, 0.29) is 0 Å². The normalized spacial score (nSPS) is 10.2. The molecule has 0 saturated heterocycles. The van der Waals surface area contributed by atoms with Crippen molar-refractivity contribution < 1.29 is 0 Å². The zero-order valence-electron chi connectivity index (χ0n) is 21.2. The summed E-state index contributed by atoms with van der Waals surface area (Å²) in [5.74, 6) is 0.863. The van der Waals surface area contributed by atoms with E-state index in [1.54, 1.807) is 6.08 Å². The fraction of sp³-hybridized carbons (Fsp3) is 0.846. The van der Waals surface area contributed by atoms with Gasteiger partial charge in [0, 0.05) is 0 Å². The molecule has 26 heavy (non-hydrogen) atoms. The largest absolute Gasteiger partial charge is 0.103 e. The molecule has 0 aliphatic heterocycles. The molecule has 0 rings (SSSR count). The number of unbranched alkanes of at least 4 members (excludes halogenated alkanes) is 2. The molecule has 0 heteroatoms. The average Bonchev–Trinajstić information content (AvgIpc) is 2.64. The molecule has 0 saturated carbocycles. The molecule has 0 N–H and O–H groups in total. The Morgan fingerprint density at radius 3 is 1.54 bits per heavy atom. The second kappa shape index (κ2) is 32.2. The van der Waals surface area contributed by atoms with Gasteiger partial charge in [0.05, 0.1) is 0 Å². The lowest BCUT2D eigenvalue weighted by Gasteiger charge is -2.29. The van der Waals surface area contributed by atoms with E-state index in [2.05, 4.69) is 75.5 Å². The predicted octanol–water partition coefficient (Wildman–Crippen LogP) is 10.6. The Morgan fingerprint density at radius 2 is 1.35 bits per heavy atom. The lowest BCUT2D eigenvalue weighted by atomic mass is 9.77. The van der Waals surface area contributed by atoms with Crippen molar-refractivity contribution in [2.45, 2.75) is 134 Å². The van der Waals surface area contributed by atoms with Crippen LogP contribution in [0.3, 0.4) is 0 Å². The smallest absolute Gasteiger partial charge is 0.0323 e. The van der Waals surface area contributed by atoms with E-state index in [4.69, 9.17) is 0 Å². The first-order valence-corrected chi connectivity index (χ1v) is 11.4. The Morgan fingerprint density at radius 1 is 0.962 bits per heavy atom. The Labute approximate surface area is 171 Å². The van der Waals surface area contributed by atoms with Crippen molar-refractivity contribution in [3.63, 3.8) is 0 Å². The first-order valence-electron chi connectivity index (χ1n) is 11.4. The average molecular weight is 371 g/mol. The summed E-state index contributed by atoms with van der Waals surface area (Å²) in [7, 11) is 0. The number of hydrogen-bond acceptors (Lipinski definition) is 0. The topological polar surface area (TPSA) is 0 Å².